The van der Waals surface area contributed by atoms with Crippen LogP contribution in [0, 0.1) is 11.6 Å². The van der Waals surface area contributed by atoms with E-state index in [4.69, 9.17) is 0 Å². The molecule has 2 aromatic rings. The number of halogens is 2. The second kappa shape index (κ2) is 7.31. The van der Waals surface area contributed by atoms with Crippen molar-refractivity contribution >= 4 is 35.0 Å². The Morgan fingerprint density at radius 3 is 2.63 bits per heavy atom. The molecule has 0 aromatic heterocycles. The minimum absolute atomic E-state index is 0.126. The maximum Gasteiger partial charge on any atom is 0.247 e. The van der Waals surface area contributed by atoms with Crippen molar-refractivity contribution in [3.63, 3.8) is 0 Å². The summed E-state index contributed by atoms with van der Waals surface area (Å²) in [6, 6.07) is 9.46. The molecule has 1 aliphatic rings. The van der Waals surface area contributed by atoms with Crippen LogP contribution in [0.3, 0.4) is 0 Å². The van der Waals surface area contributed by atoms with E-state index in [1.54, 1.807) is 24.8 Å². The smallest absolute Gasteiger partial charge is 0.247 e. The molecule has 0 radical (unpaired) electrons. The van der Waals surface area contributed by atoms with Crippen LogP contribution in [0.2, 0.25) is 0 Å². The molecule has 2 amide bonds. The number of amides is 2. The van der Waals surface area contributed by atoms with Gasteiger partial charge in [-0.25, -0.2) is 8.78 Å². The topological polar surface area (TPSA) is 49.4 Å². The van der Waals surface area contributed by atoms with E-state index in [1.165, 1.54) is 4.90 Å². The van der Waals surface area contributed by atoms with E-state index in [1.807, 2.05) is 32.0 Å². The average molecular weight is 390 g/mol. The third-order valence-corrected chi connectivity index (χ3v) is 5.57. The number of thioether (sulfide) groups is 1. The van der Waals surface area contributed by atoms with E-state index < -0.39 is 23.6 Å². The van der Waals surface area contributed by atoms with Gasteiger partial charge in [-0.1, -0.05) is 12.1 Å². The van der Waals surface area contributed by atoms with Crippen LogP contribution in [0.1, 0.15) is 27.2 Å². The van der Waals surface area contributed by atoms with Gasteiger partial charge in [-0.2, -0.15) is 0 Å². The van der Waals surface area contributed by atoms with Crippen LogP contribution in [0.4, 0.5) is 20.2 Å². The van der Waals surface area contributed by atoms with Crippen LogP contribution in [0.15, 0.2) is 47.4 Å². The molecule has 1 heterocycles. The fourth-order valence-electron chi connectivity index (χ4n) is 3.03. The lowest BCUT2D eigenvalue weighted by Crippen LogP contribution is -2.46. The number of anilines is 2. The minimum Gasteiger partial charge on any atom is -0.322 e. The Morgan fingerprint density at radius 2 is 1.93 bits per heavy atom. The van der Waals surface area contributed by atoms with Crippen molar-refractivity contribution in [2.75, 3.05) is 10.2 Å². The van der Waals surface area contributed by atoms with Crippen molar-refractivity contribution in [3.05, 3.63) is 54.1 Å². The van der Waals surface area contributed by atoms with Crippen molar-refractivity contribution in [3.8, 4) is 0 Å². The molecule has 3 rings (SSSR count). The summed E-state index contributed by atoms with van der Waals surface area (Å²) in [4.78, 5) is 28.0. The molecule has 2 aromatic carbocycles. The number of rotatable bonds is 3. The Hall–Kier alpha value is -2.41. The van der Waals surface area contributed by atoms with Gasteiger partial charge in [0.1, 0.15) is 17.7 Å². The van der Waals surface area contributed by atoms with Crippen LogP contribution in [-0.2, 0) is 9.59 Å². The third kappa shape index (κ3) is 4.13. The highest BCUT2D eigenvalue weighted by molar-refractivity contribution is 8.00. The molecule has 1 atom stereocenters. The van der Waals surface area contributed by atoms with Crippen molar-refractivity contribution in [1.29, 1.82) is 0 Å². The zero-order valence-electron chi connectivity index (χ0n) is 15.3. The molecule has 0 aliphatic carbocycles. The fourth-order valence-corrected chi connectivity index (χ4v) is 4.24. The summed E-state index contributed by atoms with van der Waals surface area (Å²) < 4.78 is 26.6. The fraction of sp³-hybridized carbons (Fsp3) is 0.300. The van der Waals surface area contributed by atoms with Gasteiger partial charge in [-0.05, 0) is 45.0 Å². The standard InChI is InChI=1S/C20H20F2N2O2S/c1-12(19(26)23-15-9-8-13(21)10-14(15)22)24-16-6-4-5-7-17(16)27-20(2,3)11-18(24)25/h4-10,12H,11H2,1-3H3,(H,23,26). The highest BCUT2D eigenvalue weighted by atomic mass is 32.2. The summed E-state index contributed by atoms with van der Waals surface area (Å²) in [6.07, 6.45) is 0.259. The molecule has 142 valence electrons. The van der Waals surface area contributed by atoms with Gasteiger partial charge in [-0.15, -0.1) is 11.8 Å². The number of carbonyl (C=O) groups is 2. The maximum absolute atomic E-state index is 13.9. The van der Waals surface area contributed by atoms with Crippen molar-refractivity contribution in [1.82, 2.24) is 0 Å². The number of fused-ring (bicyclic) bond motifs is 1. The summed E-state index contributed by atoms with van der Waals surface area (Å²) in [6.45, 7) is 5.55. The van der Waals surface area contributed by atoms with Gasteiger partial charge in [0, 0.05) is 22.1 Å². The normalized spacial score (nSPS) is 17.1. The molecule has 4 nitrogen and oxygen atoms in total. The van der Waals surface area contributed by atoms with Crippen LogP contribution in [0.5, 0.6) is 0 Å². The van der Waals surface area contributed by atoms with Gasteiger partial charge in [0.15, 0.2) is 0 Å². The molecule has 7 heteroatoms. The number of hydrogen-bond donors (Lipinski definition) is 1. The molecule has 0 fully saturated rings. The lowest BCUT2D eigenvalue weighted by atomic mass is 10.1. The van der Waals surface area contributed by atoms with E-state index in [2.05, 4.69) is 5.32 Å². The van der Waals surface area contributed by atoms with E-state index in [0.29, 0.717) is 11.8 Å². The minimum atomic E-state index is -0.866. The van der Waals surface area contributed by atoms with Crippen LogP contribution < -0.4 is 10.2 Å². The van der Waals surface area contributed by atoms with Gasteiger partial charge in [0.25, 0.3) is 0 Å². The first-order valence-corrected chi connectivity index (χ1v) is 9.35. The molecule has 1 aliphatic heterocycles. The van der Waals surface area contributed by atoms with Gasteiger partial charge in [-0.3, -0.25) is 14.5 Å². The zero-order chi connectivity index (χ0) is 19.8. The summed E-state index contributed by atoms with van der Waals surface area (Å²) >= 11 is 1.58. The maximum atomic E-state index is 13.9. The summed E-state index contributed by atoms with van der Waals surface area (Å²) in [5, 5.41) is 2.45. The number of para-hydroxylation sites is 1. The highest BCUT2D eigenvalue weighted by Gasteiger charge is 2.37. The first-order chi connectivity index (χ1) is 12.7. The van der Waals surface area contributed by atoms with Crippen LogP contribution >= 0.6 is 11.8 Å². The average Bonchev–Trinajstić information content (AvgIpc) is 2.68. The summed E-state index contributed by atoms with van der Waals surface area (Å²) in [7, 11) is 0. The molecule has 1 unspecified atom stereocenters. The monoisotopic (exact) mass is 390 g/mol. The first-order valence-electron chi connectivity index (χ1n) is 8.54. The number of nitrogens with one attached hydrogen (secondary N) is 1. The van der Waals surface area contributed by atoms with E-state index >= 15 is 0 Å². The third-order valence-electron chi connectivity index (χ3n) is 4.31. The van der Waals surface area contributed by atoms with E-state index in [9.17, 15) is 18.4 Å². The number of carbonyl (C=O) groups excluding carboxylic acids is 2. The molecule has 0 saturated heterocycles. The molecule has 0 bridgehead atoms. The summed E-state index contributed by atoms with van der Waals surface area (Å²) in [5.74, 6) is -2.32. The highest BCUT2D eigenvalue weighted by Crippen LogP contribution is 2.44. The molecule has 1 N–H and O–H groups in total. The molecular weight excluding hydrogens is 370 g/mol. The predicted molar refractivity (Wildman–Crippen MR) is 103 cm³/mol. The number of nitrogens with zero attached hydrogens (tertiary/aromatic N) is 1. The van der Waals surface area contributed by atoms with Gasteiger partial charge in [0.2, 0.25) is 11.8 Å². The van der Waals surface area contributed by atoms with Crippen molar-refractivity contribution < 1.29 is 18.4 Å². The second-order valence-corrected chi connectivity index (χ2v) is 8.81. The number of hydrogen-bond acceptors (Lipinski definition) is 3. The van der Waals surface area contributed by atoms with Crippen LogP contribution in [-0.4, -0.2) is 22.6 Å². The molecule has 0 spiro atoms. The Labute approximate surface area is 160 Å². The van der Waals surface area contributed by atoms with Gasteiger partial charge >= 0.3 is 0 Å². The molecule has 27 heavy (non-hydrogen) atoms. The van der Waals surface area contributed by atoms with Crippen molar-refractivity contribution in [2.24, 2.45) is 0 Å². The van der Waals surface area contributed by atoms with E-state index in [-0.39, 0.29) is 22.8 Å². The quantitative estimate of drug-likeness (QED) is 0.833. The Balaban J connectivity index is 1.91. The van der Waals surface area contributed by atoms with E-state index in [0.717, 1.165) is 17.0 Å². The Kier molecular flexibility index (Phi) is 5.24. The lowest BCUT2D eigenvalue weighted by molar-refractivity contribution is -0.123. The summed E-state index contributed by atoms with van der Waals surface area (Å²) in [5.41, 5.74) is 0.527. The van der Waals surface area contributed by atoms with Gasteiger partial charge in [0.05, 0.1) is 11.4 Å². The first kappa shape index (κ1) is 19.4. The second-order valence-electron chi connectivity index (χ2n) is 7.06. The van der Waals surface area contributed by atoms with Gasteiger partial charge < -0.3 is 5.32 Å². The number of benzene rings is 2. The zero-order valence-corrected chi connectivity index (χ0v) is 16.1. The van der Waals surface area contributed by atoms with Crippen molar-refractivity contribution in [2.45, 2.75) is 42.9 Å². The molecular formula is C20H20F2N2O2S. The molecule has 0 saturated carbocycles. The lowest BCUT2D eigenvalue weighted by Gasteiger charge is -2.28. The largest absolute Gasteiger partial charge is 0.322 e. The SMILES string of the molecule is CC(C(=O)Nc1ccc(F)cc1F)N1C(=O)CC(C)(C)Sc2ccccc21. The Morgan fingerprint density at radius 1 is 1.22 bits per heavy atom. The predicted octanol–water partition coefficient (Wildman–Crippen LogP) is 4.60. The Bertz CT molecular complexity index is 901. The van der Waals surface area contributed by atoms with Crippen LogP contribution in [0.25, 0.3) is 0 Å².